The van der Waals surface area contributed by atoms with E-state index in [9.17, 15) is 24.4 Å². The zero-order valence-electron chi connectivity index (χ0n) is 12.6. The Balaban J connectivity index is 2.04. The first-order chi connectivity index (χ1) is 11.4. The van der Waals surface area contributed by atoms with E-state index in [1.54, 1.807) is 24.3 Å². The van der Waals surface area contributed by atoms with Crippen molar-refractivity contribution in [1.82, 2.24) is 0 Å². The fourth-order valence-electron chi connectivity index (χ4n) is 1.91. The monoisotopic (exact) mass is 351 g/mol. The fraction of sp³-hybridized carbons (Fsp3) is 0.188. The maximum absolute atomic E-state index is 14.2. The van der Waals surface area contributed by atoms with Gasteiger partial charge in [0.2, 0.25) is 5.12 Å². The highest BCUT2D eigenvalue weighted by molar-refractivity contribution is 8.13. The highest BCUT2D eigenvalue weighted by Gasteiger charge is 2.28. The number of carbonyl (C=O) groups excluding carboxylic acids is 1. The van der Waals surface area contributed by atoms with Crippen LogP contribution in [0, 0.1) is 10.1 Å². The average molecular weight is 351 g/mol. The van der Waals surface area contributed by atoms with E-state index in [0.29, 0.717) is 22.4 Å². The molecule has 2 rings (SSSR count). The van der Waals surface area contributed by atoms with Crippen molar-refractivity contribution in [3.63, 3.8) is 0 Å². The zero-order chi connectivity index (χ0) is 17.7. The van der Waals surface area contributed by atoms with Crippen molar-refractivity contribution < 1.29 is 24.0 Å². The van der Waals surface area contributed by atoms with Crippen molar-refractivity contribution in [2.45, 2.75) is 17.2 Å². The standard InChI is InChI=1S/C16H14FNO5S/c1-23-12-6-8-13(9-7-12)24-16(20)14(17)15(19)10-2-4-11(5-3-10)18(21)22/h2-9,14-15,19H,1H3/t14-,15+/m1/s1. The van der Waals surface area contributed by atoms with Gasteiger partial charge in [-0.1, -0.05) is 0 Å². The van der Waals surface area contributed by atoms with Crippen molar-refractivity contribution in [3.8, 4) is 5.75 Å². The van der Waals surface area contributed by atoms with Gasteiger partial charge in [-0.2, -0.15) is 0 Å². The van der Waals surface area contributed by atoms with Gasteiger partial charge in [-0.3, -0.25) is 14.9 Å². The van der Waals surface area contributed by atoms with Crippen LogP contribution in [0.3, 0.4) is 0 Å². The summed E-state index contributed by atoms with van der Waals surface area (Å²) in [5, 5.41) is 19.7. The van der Waals surface area contributed by atoms with E-state index in [0.717, 1.165) is 12.1 Å². The highest BCUT2D eigenvalue weighted by Crippen LogP contribution is 2.29. The van der Waals surface area contributed by atoms with Gasteiger partial charge in [0.1, 0.15) is 11.9 Å². The van der Waals surface area contributed by atoms with E-state index < -0.39 is 22.3 Å². The molecule has 2 aromatic carbocycles. The van der Waals surface area contributed by atoms with Crippen LogP contribution in [0.1, 0.15) is 11.7 Å². The third-order valence-corrected chi connectivity index (χ3v) is 4.16. The van der Waals surface area contributed by atoms with Gasteiger partial charge in [-0.15, -0.1) is 0 Å². The maximum Gasteiger partial charge on any atom is 0.269 e. The molecular weight excluding hydrogens is 337 g/mol. The predicted octanol–water partition coefficient (Wildman–Crippen LogP) is 3.29. The lowest BCUT2D eigenvalue weighted by Crippen LogP contribution is -2.21. The summed E-state index contributed by atoms with van der Waals surface area (Å²) in [6.45, 7) is 0. The van der Waals surface area contributed by atoms with Crippen molar-refractivity contribution in [2.24, 2.45) is 0 Å². The Morgan fingerprint density at radius 2 is 1.79 bits per heavy atom. The minimum atomic E-state index is -2.15. The lowest BCUT2D eigenvalue weighted by molar-refractivity contribution is -0.384. The summed E-state index contributed by atoms with van der Waals surface area (Å²) < 4.78 is 19.2. The number of nitro benzene ring substituents is 1. The largest absolute Gasteiger partial charge is 0.497 e. The van der Waals surface area contributed by atoms with Crippen LogP contribution in [0.4, 0.5) is 10.1 Å². The number of rotatable bonds is 6. The summed E-state index contributed by atoms with van der Waals surface area (Å²) in [6.07, 6.45) is -3.84. The molecule has 0 amide bonds. The number of halogens is 1. The van der Waals surface area contributed by atoms with Gasteiger partial charge in [0.15, 0.2) is 6.17 Å². The second-order valence-corrected chi connectivity index (χ2v) is 5.87. The smallest absolute Gasteiger partial charge is 0.269 e. The molecule has 0 spiro atoms. The molecule has 6 nitrogen and oxygen atoms in total. The number of nitro groups is 1. The van der Waals surface area contributed by atoms with E-state index in [-0.39, 0.29) is 11.3 Å². The molecule has 0 heterocycles. The number of nitrogens with zero attached hydrogens (tertiary/aromatic N) is 1. The van der Waals surface area contributed by atoms with Crippen LogP contribution >= 0.6 is 11.8 Å². The molecule has 0 bridgehead atoms. The predicted molar refractivity (Wildman–Crippen MR) is 86.8 cm³/mol. The number of aliphatic hydroxyl groups excluding tert-OH is 1. The first-order valence-electron chi connectivity index (χ1n) is 6.84. The Kier molecular flexibility index (Phi) is 5.88. The molecule has 0 aliphatic heterocycles. The molecule has 0 aromatic heterocycles. The molecule has 0 radical (unpaired) electrons. The van der Waals surface area contributed by atoms with Gasteiger partial charge in [0.25, 0.3) is 5.69 Å². The van der Waals surface area contributed by atoms with Crippen molar-refractivity contribution >= 4 is 22.6 Å². The number of methoxy groups -OCH3 is 1. The van der Waals surface area contributed by atoms with Crippen LogP contribution in [-0.4, -0.2) is 28.4 Å². The fourth-order valence-corrected chi connectivity index (χ4v) is 2.65. The van der Waals surface area contributed by atoms with Gasteiger partial charge >= 0.3 is 0 Å². The third-order valence-electron chi connectivity index (χ3n) is 3.23. The SMILES string of the molecule is COc1ccc(SC(=O)[C@H](F)[C@@H](O)c2ccc([N+](=O)[O-])cc2)cc1. The van der Waals surface area contributed by atoms with E-state index >= 15 is 0 Å². The van der Waals surface area contributed by atoms with E-state index in [2.05, 4.69) is 0 Å². The normalized spacial score (nSPS) is 13.1. The second kappa shape index (κ2) is 7.89. The van der Waals surface area contributed by atoms with Gasteiger partial charge in [0.05, 0.1) is 12.0 Å². The molecule has 1 N–H and O–H groups in total. The molecule has 2 aromatic rings. The highest BCUT2D eigenvalue weighted by atomic mass is 32.2. The zero-order valence-corrected chi connectivity index (χ0v) is 13.4. The number of alkyl halides is 1. The lowest BCUT2D eigenvalue weighted by atomic mass is 10.1. The van der Waals surface area contributed by atoms with Gasteiger partial charge in [0, 0.05) is 17.0 Å². The Bertz CT molecular complexity index is 720. The summed E-state index contributed by atoms with van der Waals surface area (Å²) in [7, 11) is 1.51. The van der Waals surface area contributed by atoms with Gasteiger partial charge in [-0.25, -0.2) is 4.39 Å². The topological polar surface area (TPSA) is 89.7 Å². The molecule has 24 heavy (non-hydrogen) atoms. The lowest BCUT2D eigenvalue weighted by Gasteiger charge is -2.14. The Morgan fingerprint density at radius 1 is 1.21 bits per heavy atom. The van der Waals surface area contributed by atoms with Gasteiger partial charge in [-0.05, 0) is 53.7 Å². The van der Waals surface area contributed by atoms with Crippen LogP contribution < -0.4 is 4.74 Å². The average Bonchev–Trinajstić information content (AvgIpc) is 2.61. The molecule has 0 aliphatic carbocycles. The molecule has 0 saturated carbocycles. The quantitative estimate of drug-likeness (QED) is 0.488. The Hall–Kier alpha value is -2.45. The Morgan fingerprint density at radius 3 is 2.29 bits per heavy atom. The summed E-state index contributed by atoms with van der Waals surface area (Å²) in [5.74, 6) is 0.606. The van der Waals surface area contributed by atoms with Crippen molar-refractivity contribution in [2.75, 3.05) is 7.11 Å². The number of thioether (sulfide) groups is 1. The molecule has 8 heteroatoms. The maximum atomic E-state index is 14.2. The molecular formula is C16H14FNO5S. The van der Waals surface area contributed by atoms with Crippen LogP contribution in [0.25, 0.3) is 0 Å². The number of carbonyl (C=O) groups is 1. The van der Waals surface area contributed by atoms with Gasteiger partial charge < -0.3 is 9.84 Å². The summed E-state index contributed by atoms with van der Waals surface area (Å²) in [6, 6.07) is 11.2. The molecule has 0 unspecified atom stereocenters. The second-order valence-electron chi connectivity index (χ2n) is 4.79. The molecule has 0 fully saturated rings. The summed E-state index contributed by atoms with van der Waals surface area (Å²) in [4.78, 5) is 22.4. The van der Waals surface area contributed by atoms with E-state index in [1.165, 1.54) is 19.2 Å². The van der Waals surface area contributed by atoms with Crippen LogP contribution in [0.15, 0.2) is 53.4 Å². The third kappa shape index (κ3) is 4.30. The number of hydrogen-bond donors (Lipinski definition) is 1. The van der Waals surface area contributed by atoms with Crippen molar-refractivity contribution in [1.29, 1.82) is 0 Å². The van der Waals surface area contributed by atoms with E-state index in [4.69, 9.17) is 4.74 Å². The number of aliphatic hydroxyl groups is 1. The molecule has 126 valence electrons. The number of benzene rings is 2. The van der Waals surface area contributed by atoms with Crippen LogP contribution in [0.5, 0.6) is 5.75 Å². The minimum Gasteiger partial charge on any atom is -0.497 e. The number of non-ortho nitro benzene ring substituents is 1. The first kappa shape index (κ1) is 17.9. The van der Waals surface area contributed by atoms with Crippen molar-refractivity contribution in [3.05, 3.63) is 64.2 Å². The van der Waals surface area contributed by atoms with E-state index in [1.807, 2.05) is 0 Å². The number of hydrogen-bond acceptors (Lipinski definition) is 6. The van der Waals surface area contributed by atoms with Crippen LogP contribution in [-0.2, 0) is 4.79 Å². The molecule has 2 atom stereocenters. The molecule has 0 saturated heterocycles. The summed E-state index contributed by atoms with van der Waals surface area (Å²) in [5.41, 5.74) is -0.0860. The number of ether oxygens (including phenoxy) is 1. The molecule has 0 aliphatic rings. The minimum absolute atomic E-state index is 0.0942. The Labute approximate surface area is 141 Å². The summed E-state index contributed by atoms with van der Waals surface area (Å²) >= 11 is 0.664. The van der Waals surface area contributed by atoms with Crippen LogP contribution in [0.2, 0.25) is 0 Å². The first-order valence-corrected chi connectivity index (χ1v) is 7.66.